The molecule has 0 amide bonds. The molecule has 16 heavy (non-hydrogen) atoms. The molecule has 0 aromatic heterocycles. The van der Waals surface area contributed by atoms with E-state index in [0.29, 0.717) is 12.0 Å². The lowest BCUT2D eigenvalue weighted by atomic mass is 10.0. The predicted molar refractivity (Wildman–Crippen MR) is 60.6 cm³/mol. The number of allylic oxidation sites excluding steroid dienone is 1. The Morgan fingerprint density at radius 2 is 2.06 bits per heavy atom. The van der Waals surface area contributed by atoms with Gasteiger partial charge in [0.25, 0.3) is 0 Å². The summed E-state index contributed by atoms with van der Waals surface area (Å²) in [5.74, 6) is 3.72. The third-order valence-electron chi connectivity index (χ3n) is 2.19. The molecule has 1 unspecified atom stereocenters. The Hall–Kier alpha value is -1.26. The molecule has 1 rings (SSSR count). The minimum absolute atomic E-state index is 0.0742. The van der Waals surface area contributed by atoms with E-state index in [1.165, 1.54) is 6.07 Å². The number of nitrogens with one attached hydrogen (secondary N) is 1. The van der Waals surface area contributed by atoms with Crippen LogP contribution in [0.2, 0.25) is 0 Å². The van der Waals surface area contributed by atoms with E-state index in [0.717, 1.165) is 11.6 Å². The highest BCUT2D eigenvalue weighted by Crippen LogP contribution is 2.11. The molecule has 0 radical (unpaired) electrons. The van der Waals surface area contributed by atoms with Crippen LogP contribution in [0.3, 0.4) is 0 Å². The van der Waals surface area contributed by atoms with Crippen molar-refractivity contribution in [3.8, 4) is 0 Å². The molecular formula is C12H16F2N2. The van der Waals surface area contributed by atoms with E-state index in [4.69, 9.17) is 5.84 Å². The lowest BCUT2D eigenvalue weighted by molar-refractivity contribution is 0.505. The molecule has 2 nitrogen and oxygen atoms in total. The molecular weight excluding hydrogens is 210 g/mol. The fraction of sp³-hybridized carbons (Fsp3) is 0.333. The quantitative estimate of drug-likeness (QED) is 0.469. The van der Waals surface area contributed by atoms with Crippen molar-refractivity contribution in [3.05, 3.63) is 47.0 Å². The number of hydrogen-bond donors (Lipinski definition) is 2. The average molecular weight is 226 g/mol. The van der Waals surface area contributed by atoms with E-state index in [2.05, 4.69) is 5.43 Å². The van der Waals surface area contributed by atoms with E-state index in [-0.39, 0.29) is 6.04 Å². The Morgan fingerprint density at radius 3 is 2.56 bits per heavy atom. The number of hydrazine groups is 1. The summed E-state index contributed by atoms with van der Waals surface area (Å²) in [7, 11) is 0. The van der Waals surface area contributed by atoms with Gasteiger partial charge in [-0.05, 0) is 38.0 Å². The lowest BCUT2D eigenvalue weighted by Crippen LogP contribution is -2.35. The monoisotopic (exact) mass is 226 g/mol. The summed E-state index contributed by atoms with van der Waals surface area (Å²) < 4.78 is 25.7. The molecule has 4 heteroatoms. The van der Waals surface area contributed by atoms with Crippen molar-refractivity contribution in [2.75, 3.05) is 0 Å². The van der Waals surface area contributed by atoms with Crippen LogP contribution in [0.5, 0.6) is 0 Å². The van der Waals surface area contributed by atoms with Crippen molar-refractivity contribution in [1.29, 1.82) is 0 Å². The minimum atomic E-state index is -0.830. The Morgan fingerprint density at radius 1 is 1.38 bits per heavy atom. The van der Waals surface area contributed by atoms with Gasteiger partial charge in [0.2, 0.25) is 0 Å². The zero-order chi connectivity index (χ0) is 12.1. The van der Waals surface area contributed by atoms with Gasteiger partial charge in [0.1, 0.15) is 0 Å². The van der Waals surface area contributed by atoms with Gasteiger partial charge in [-0.2, -0.15) is 0 Å². The van der Waals surface area contributed by atoms with Crippen molar-refractivity contribution in [3.63, 3.8) is 0 Å². The summed E-state index contributed by atoms with van der Waals surface area (Å²) in [4.78, 5) is 0. The first kappa shape index (κ1) is 12.8. The number of halogens is 2. The van der Waals surface area contributed by atoms with Crippen LogP contribution in [-0.4, -0.2) is 6.04 Å². The molecule has 0 aliphatic rings. The van der Waals surface area contributed by atoms with Crippen LogP contribution in [-0.2, 0) is 6.42 Å². The van der Waals surface area contributed by atoms with Gasteiger partial charge >= 0.3 is 0 Å². The largest absolute Gasteiger partial charge is 0.271 e. The lowest BCUT2D eigenvalue weighted by Gasteiger charge is -2.12. The summed E-state index contributed by atoms with van der Waals surface area (Å²) in [5, 5.41) is 0. The fourth-order valence-corrected chi connectivity index (χ4v) is 1.49. The van der Waals surface area contributed by atoms with Crippen LogP contribution in [0.25, 0.3) is 0 Å². The van der Waals surface area contributed by atoms with Crippen LogP contribution in [0.1, 0.15) is 19.4 Å². The molecule has 0 fully saturated rings. The van der Waals surface area contributed by atoms with E-state index in [1.807, 2.05) is 19.9 Å². The summed E-state index contributed by atoms with van der Waals surface area (Å²) in [6.45, 7) is 3.91. The Labute approximate surface area is 94.1 Å². The normalized spacial score (nSPS) is 12.3. The molecule has 1 atom stereocenters. The number of hydrogen-bond acceptors (Lipinski definition) is 2. The summed E-state index contributed by atoms with van der Waals surface area (Å²) in [6, 6.07) is 3.80. The third-order valence-corrected chi connectivity index (χ3v) is 2.19. The summed E-state index contributed by atoms with van der Waals surface area (Å²) in [5.41, 5.74) is 4.45. The van der Waals surface area contributed by atoms with Gasteiger partial charge in [-0.15, -0.1) is 0 Å². The predicted octanol–water partition coefficient (Wildman–Crippen LogP) is 2.31. The van der Waals surface area contributed by atoms with Crippen molar-refractivity contribution >= 4 is 0 Å². The van der Waals surface area contributed by atoms with Crippen LogP contribution in [0.15, 0.2) is 29.8 Å². The maximum atomic E-state index is 13.0. The molecule has 88 valence electrons. The van der Waals surface area contributed by atoms with Gasteiger partial charge in [-0.1, -0.05) is 17.7 Å². The first-order chi connectivity index (χ1) is 7.52. The van der Waals surface area contributed by atoms with E-state index in [1.54, 1.807) is 6.07 Å². The second-order valence-corrected chi connectivity index (χ2v) is 3.97. The van der Waals surface area contributed by atoms with Crippen LogP contribution < -0.4 is 11.3 Å². The van der Waals surface area contributed by atoms with Gasteiger partial charge in [-0.25, -0.2) is 8.78 Å². The van der Waals surface area contributed by atoms with E-state index in [9.17, 15) is 8.78 Å². The van der Waals surface area contributed by atoms with E-state index < -0.39 is 11.6 Å². The summed E-state index contributed by atoms with van der Waals surface area (Å²) >= 11 is 0. The maximum absolute atomic E-state index is 13.0. The van der Waals surface area contributed by atoms with Crippen LogP contribution in [0, 0.1) is 11.6 Å². The number of nitrogens with two attached hydrogens (primary N) is 1. The highest BCUT2D eigenvalue weighted by Gasteiger charge is 2.07. The smallest absolute Gasteiger partial charge is 0.159 e. The van der Waals surface area contributed by atoms with Crippen LogP contribution in [0.4, 0.5) is 8.78 Å². The Bertz CT molecular complexity index is 385. The summed E-state index contributed by atoms with van der Waals surface area (Å²) in [6.07, 6.45) is 2.47. The highest BCUT2D eigenvalue weighted by molar-refractivity contribution is 5.20. The van der Waals surface area contributed by atoms with Crippen molar-refractivity contribution in [1.82, 2.24) is 5.43 Å². The van der Waals surface area contributed by atoms with Crippen molar-refractivity contribution < 1.29 is 8.78 Å². The molecule has 0 heterocycles. The molecule has 0 aliphatic carbocycles. The van der Waals surface area contributed by atoms with Crippen molar-refractivity contribution in [2.24, 2.45) is 5.84 Å². The highest BCUT2D eigenvalue weighted by atomic mass is 19.2. The molecule has 1 aromatic carbocycles. The number of rotatable bonds is 4. The van der Waals surface area contributed by atoms with Gasteiger partial charge in [0, 0.05) is 6.04 Å². The zero-order valence-electron chi connectivity index (χ0n) is 9.43. The molecule has 0 bridgehead atoms. The number of benzene rings is 1. The topological polar surface area (TPSA) is 38.0 Å². The minimum Gasteiger partial charge on any atom is -0.271 e. The molecule has 0 aliphatic heterocycles. The second-order valence-electron chi connectivity index (χ2n) is 3.97. The second kappa shape index (κ2) is 5.72. The standard InChI is InChI=1S/C12H16F2N2/c1-8(2)5-10(16-15)6-9-3-4-11(13)12(14)7-9/h3-5,7,10,16H,6,15H2,1-2H3. The van der Waals surface area contributed by atoms with Gasteiger partial charge in [-0.3, -0.25) is 11.3 Å². The average Bonchev–Trinajstić information content (AvgIpc) is 2.22. The molecule has 3 N–H and O–H groups in total. The van der Waals surface area contributed by atoms with Gasteiger partial charge < -0.3 is 0 Å². The van der Waals surface area contributed by atoms with Crippen LogP contribution >= 0.6 is 0 Å². The Balaban J connectivity index is 2.78. The zero-order valence-corrected chi connectivity index (χ0v) is 9.43. The van der Waals surface area contributed by atoms with Crippen molar-refractivity contribution in [2.45, 2.75) is 26.3 Å². The van der Waals surface area contributed by atoms with Gasteiger partial charge in [0.15, 0.2) is 11.6 Å². The third kappa shape index (κ3) is 3.72. The molecule has 0 saturated carbocycles. The first-order valence-electron chi connectivity index (χ1n) is 5.08. The maximum Gasteiger partial charge on any atom is 0.159 e. The first-order valence-corrected chi connectivity index (χ1v) is 5.08. The molecule has 0 spiro atoms. The van der Waals surface area contributed by atoms with Gasteiger partial charge in [0.05, 0.1) is 0 Å². The molecule has 1 aromatic rings. The van der Waals surface area contributed by atoms with E-state index >= 15 is 0 Å². The Kier molecular flexibility index (Phi) is 4.58. The molecule has 0 saturated heterocycles. The fourth-order valence-electron chi connectivity index (χ4n) is 1.49. The SMILES string of the molecule is CC(C)=CC(Cc1ccc(F)c(F)c1)NN.